The second-order valence-corrected chi connectivity index (χ2v) is 6.09. The lowest BCUT2D eigenvalue weighted by Crippen LogP contribution is -2.26. The first-order valence-corrected chi connectivity index (χ1v) is 8.94. The fourth-order valence-electron chi connectivity index (χ4n) is 2.64. The van der Waals surface area contributed by atoms with Gasteiger partial charge in [-0.25, -0.2) is 14.4 Å². The second kappa shape index (κ2) is 9.50. The van der Waals surface area contributed by atoms with Crippen molar-refractivity contribution in [3.63, 3.8) is 0 Å². The summed E-state index contributed by atoms with van der Waals surface area (Å²) >= 11 is 0. The largest absolute Gasteiger partial charge is 0.497 e. The molecule has 0 saturated carbocycles. The molecule has 1 amide bonds. The number of aromatic nitrogens is 2. The lowest BCUT2D eigenvalue weighted by atomic mass is 10.1. The van der Waals surface area contributed by atoms with Gasteiger partial charge in [0, 0.05) is 18.8 Å². The maximum atomic E-state index is 12.9. The molecule has 0 saturated heterocycles. The number of anilines is 2. The van der Waals surface area contributed by atoms with E-state index in [1.807, 2.05) is 0 Å². The Kier molecular flexibility index (Phi) is 6.57. The van der Waals surface area contributed by atoms with Crippen molar-refractivity contribution >= 4 is 17.5 Å². The van der Waals surface area contributed by atoms with Gasteiger partial charge in [-0.15, -0.1) is 0 Å². The van der Waals surface area contributed by atoms with Crippen LogP contribution in [0.25, 0.3) is 0 Å². The van der Waals surface area contributed by atoms with Crippen LogP contribution in [0.3, 0.4) is 0 Å². The van der Waals surface area contributed by atoms with Crippen LogP contribution in [0.15, 0.2) is 54.7 Å². The van der Waals surface area contributed by atoms with E-state index in [-0.39, 0.29) is 23.4 Å². The number of hydrogen-bond acceptors (Lipinski definition) is 6. The van der Waals surface area contributed by atoms with Crippen LogP contribution in [0.5, 0.6) is 11.5 Å². The lowest BCUT2D eigenvalue weighted by molar-refractivity contribution is 0.0949. The average molecular weight is 396 g/mol. The molecule has 0 aliphatic carbocycles. The number of hydrogen-bond donors (Lipinski definition) is 2. The zero-order chi connectivity index (χ0) is 20.6. The van der Waals surface area contributed by atoms with Crippen LogP contribution in [0.4, 0.5) is 16.0 Å². The highest BCUT2D eigenvalue weighted by molar-refractivity contribution is 5.92. The van der Waals surface area contributed by atoms with Crippen molar-refractivity contribution in [3.8, 4) is 11.5 Å². The summed E-state index contributed by atoms with van der Waals surface area (Å²) in [5.41, 5.74) is 1.77. The van der Waals surface area contributed by atoms with Gasteiger partial charge in [0.25, 0.3) is 5.91 Å². The molecule has 1 heterocycles. The van der Waals surface area contributed by atoms with Gasteiger partial charge in [0.15, 0.2) is 0 Å². The van der Waals surface area contributed by atoms with Gasteiger partial charge in [-0.1, -0.05) is 12.1 Å². The Morgan fingerprint density at radius 2 is 1.86 bits per heavy atom. The smallest absolute Gasteiger partial charge is 0.270 e. The molecular weight excluding hydrogens is 375 g/mol. The van der Waals surface area contributed by atoms with Crippen LogP contribution in [0.2, 0.25) is 0 Å². The van der Waals surface area contributed by atoms with Crippen LogP contribution in [0.1, 0.15) is 16.1 Å². The first kappa shape index (κ1) is 20.1. The Labute approximate surface area is 167 Å². The molecule has 0 radical (unpaired) electrons. The van der Waals surface area contributed by atoms with Crippen molar-refractivity contribution in [2.75, 3.05) is 26.1 Å². The maximum absolute atomic E-state index is 12.9. The summed E-state index contributed by atoms with van der Waals surface area (Å²) in [5, 5.41) is 5.84. The van der Waals surface area contributed by atoms with E-state index in [1.165, 1.54) is 24.4 Å². The van der Waals surface area contributed by atoms with Crippen molar-refractivity contribution in [1.82, 2.24) is 15.3 Å². The minimum atomic E-state index is -0.324. The summed E-state index contributed by atoms with van der Waals surface area (Å²) in [5.74, 6) is 0.871. The number of nitrogens with zero attached hydrogens (tertiary/aromatic N) is 2. The number of benzene rings is 2. The highest BCUT2D eigenvalue weighted by Gasteiger charge is 2.11. The summed E-state index contributed by atoms with van der Waals surface area (Å²) in [6.07, 6.45) is 2.08. The molecule has 0 bridgehead atoms. The molecule has 150 valence electrons. The van der Waals surface area contributed by atoms with Crippen molar-refractivity contribution in [2.24, 2.45) is 0 Å². The number of halogens is 1. The van der Waals surface area contributed by atoms with Crippen molar-refractivity contribution in [2.45, 2.75) is 6.42 Å². The van der Waals surface area contributed by atoms with Crippen molar-refractivity contribution < 1.29 is 18.7 Å². The van der Waals surface area contributed by atoms with Gasteiger partial charge in [-0.05, 0) is 42.3 Å². The van der Waals surface area contributed by atoms with E-state index in [0.29, 0.717) is 30.2 Å². The first-order chi connectivity index (χ1) is 14.1. The molecule has 3 aromatic rings. The normalized spacial score (nSPS) is 10.3. The van der Waals surface area contributed by atoms with E-state index in [9.17, 15) is 9.18 Å². The van der Waals surface area contributed by atoms with E-state index < -0.39 is 0 Å². The number of amides is 1. The molecule has 29 heavy (non-hydrogen) atoms. The number of carbonyl (C=O) groups is 1. The molecule has 1 aromatic heterocycles. The molecule has 3 rings (SSSR count). The Balaban J connectivity index is 1.64. The monoisotopic (exact) mass is 396 g/mol. The zero-order valence-electron chi connectivity index (χ0n) is 16.1. The molecule has 7 nitrogen and oxygen atoms in total. The SMILES string of the molecule is COc1ccc(OC)c(Nc2nccc(C(=O)NCCc3ccc(F)cc3)n2)c1. The minimum absolute atomic E-state index is 0.225. The van der Waals surface area contributed by atoms with E-state index in [4.69, 9.17) is 9.47 Å². The molecule has 0 unspecified atom stereocenters. The van der Waals surface area contributed by atoms with Gasteiger partial charge in [0.2, 0.25) is 5.95 Å². The van der Waals surface area contributed by atoms with E-state index in [1.54, 1.807) is 44.6 Å². The van der Waals surface area contributed by atoms with Crippen molar-refractivity contribution in [1.29, 1.82) is 0 Å². The Bertz CT molecular complexity index is 980. The molecule has 0 spiro atoms. The average Bonchev–Trinajstić information content (AvgIpc) is 2.75. The van der Waals surface area contributed by atoms with Crippen molar-refractivity contribution in [3.05, 3.63) is 71.8 Å². The number of carbonyl (C=O) groups excluding carboxylic acids is 1. The topological polar surface area (TPSA) is 85.4 Å². The summed E-state index contributed by atoms with van der Waals surface area (Å²) in [4.78, 5) is 20.8. The van der Waals surface area contributed by atoms with Gasteiger partial charge < -0.3 is 20.1 Å². The van der Waals surface area contributed by atoms with Gasteiger partial charge in [0.1, 0.15) is 23.0 Å². The number of nitrogens with one attached hydrogen (secondary N) is 2. The molecule has 0 aliphatic heterocycles. The summed E-state index contributed by atoms with van der Waals surface area (Å²) in [6, 6.07) is 13.0. The Morgan fingerprint density at radius 3 is 2.59 bits per heavy atom. The van der Waals surface area contributed by atoms with Crippen LogP contribution in [0, 0.1) is 5.82 Å². The second-order valence-electron chi connectivity index (χ2n) is 6.09. The maximum Gasteiger partial charge on any atom is 0.270 e. The highest BCUT2D eigenvalue weighted by atomic mass is 19.1. The predicted molar refractivity (Wildman–Crippen MR) is 107 cm³/mol. The van der Waals surface area contributed by atoms with E-state index >= 15 is 0 Å². The third-order valence-corrected chi connectivity index (χ3v) is 4.15. The zero-order valence-corrected chi connectivity index (χ0v) is 16.1. The highest BCUT2D eigenvalue weighted by Crippen LogP contribution is 2.30. The fourth-order valence-corrected chi connectivity index (χ4v) is 2.64. The number of methoxy groups -OCH3 is 2. The fraction of sp³-hybridized carbons (Fsp3) is 0.190. The number of rotatable bonds is 8. The Morgan fingerprint density at radius 1 is 1.07 bits per heavy atom. The van der Waals surface area contributed by atoms with E-state index in [2.05, 4.69) is 20.6 Å². The third-order valence-electron chi connectivity index (χ3n) is 4.15. The minimum Gasteiger partial charge on any atom is -0.497 e. The molecule has 8 heteroatoms. The standard InChI is InChI=1S/C21H21FN4O3/c1-28-16-7-8-19(29-2)18(13-16)26-21-24-12-10-17(25-21)20(27)23-11-9-14-3-5-15(22)6-4-14/h3-8,10,12-13H,9,11H2,1-2H3,(H,23,27)(H,24,25,26). The molecule has 0 aliphatic rings. The van der Waals surface area contributed by atoms with Gasteiger partial charge in [-0.3, -0.25) is 4.79 Å². The molecule has 0 fully saturated rings. The summed E-state index contributed by atoms with van der Waals surface area (Å²) < 4.78 is 23.5. The van der Waals surface area contributed by atoms with Gasteiger partial charge in [0.05, 0.1) is 19.9 Å². The van der Waals surface area contributed by atoms with Gasteiger partial charge >= 0.3 is 0 Å². The molecular formula is C21H21FN4O3. The molecule has 0 atom stereocenters. The van der Waals surface area contributed by atoms with Gasteiger partial charge in [-0.2, -0.15) is 0 Å². The molecule has 2 N–H and O–H groups in total. The molecule has 2 aromatic carbocycles. The van der Waals surface area contributed by atoms with Crippen LogP contribution < -0.4 is 20.1 Å². The predicted octanol–water partition coefficient (Wildman–Crippen LogP) is 3.35. The first-order valence-electron chi connectivity index (χ1n) is 8.94. The van der Waals surface area contributed by atoms with Crippen LogP contribution >= 0.6 is 0 Å². The summed E-state index contributed by atoms with van der Waals surface area (Å²) in [7, 11) is 3.12. The Hall–Kier alpha value is -3.68. The third kappa shape index (κ3) is 5.41. The summed E-state index contributed by atoms with van der Waals surface area (Å²) in [6.45, 7) is 0.404. The lowest BCUT2D eigenvalue weighted by Gasteiger charge is -2.12. The van der Waals surface area contributed by atoms with Crippen LogP contribution in [-0.2, 0) is 6.42 Å². The van der Waals surface area contributed by atoms with Crippen LogP contribution in [-0.4, -0.2) is 36.6 Å². The quantitative estimate of drug-likeness (QED) is 0.607. The number of ether oxygens (including phenoxy) is 2. The van der Waals surface area contributed by atoms with E-state index in [0.717, 1.165) is 5.56 Å².